The highest BCUT2D eigenvalue weighted by Gasteiger charge is 2.05. The monoisotopic (exact) mass is 236 g/mol. The average Bonchev–Trinajstić information content (AvgIpc) is 2.37. The van der Waals surface area contributed by atoms with Gasteiger partial charge in [0.25, 0.3) is 0 Å². The van der Waals surface area contributed by atoms with Crippen LogP contribution in [0.1, 0.15) is 5.82 Å². The molecule has 0 amide bonds. The van der Waals surface area contributed by atoms with Gasteiger partial charge in [-0.25, -0.2) is 4.98 Å². The van der Waals surface area contributed by atoms with Gasteiger partial charge in [0.2, 0.25) is 5.95 Å². The predicted octanol–water partition coefficient (Wildman–Crippen LogP) is 2.58. The molecule has 2 aromatic carbocycles. The zero-order chi connectivity index (χ0) is 12.5. The minimum absolute atomic E-state index is 0.255. The molecule has 0 aliphatic carbocycles. The lowest BCUT2D eigenvalue weighted by Gasteiger charge is -2.04. The van der Waals surface area contributed by atoms with Gasteiger partial charge in [-0.1, -0.05) is 36.4 Å². The van der Waals surface area contributed by atoms with Gasteiger partial charge >= 0.3 is 0 Å². The Morgan fingerprint density at radius 3 is 2.44 bits per heavy atom. The van der Waals surface area contributed by atoms with Crippen LogP contribution in [0.15, 0.2) is 42.5 Å². The van der Waals surface area contributed by atoms with Gasteiger partial charge in [0.1, 0.15) is 5.82 Å². The number of aromatic nitrogens is 3. The standard InChI is InChI=1S/C14H12N4/c1-9-16-13(18-14(15)17-9)12-7-6-10-4-2-3-5-11(10)8-12/h2-8H,1H3,(H2,15,16,17,18). The van der Waals surface area contributed by atoms with Crippen LogP contribution < -0.4 is 5.73 Å². The van der Waals surface area contributed by atoms with Crippen LogP contribution in [0.3, 0.4) is 0 Å². The molecule has 0 unspecified atom stereocenters. The molecule has 0 aliphatic rings. The van der Waals surface area contributed by atoms with Crippen molar-refractivity contribution in [3.63, 3.8) is 0 Å². The van der Waals surface area contributed by atoms with E-state index in [9.17, 15) is 0 Å². The first kappa shape index (κ1) is 10.7. The first-order valence-corrected chi connectivity index (χ1v) is 5.70. The van der Waals surface area contributed by atoms with Gasteiger partial charge in [0, 0.05) is 5.56 Å². The summed E-state index contributed by atoms with van der Waals surface area (Å²) in [6, 6.07) is 14.3. The first-order valence-electron chi connectivity index (χ1n) is 5.70. The van der Waals surface area contributed by atoms with Gasteiger partial charge in [-0.05, 0) is 23.8 Å². The molecule has 4 heteroatoms. The van der Waals surface area contributed by atoms with Gasteiger partial charge in [-0.2, -0.15) is 9.97 Å². The summed E-state index contributed by atoms with van der Waals surface area (Å²) in [5.41, 5.74) is 6.60. The van der Waals surface area contributed by atoms with E-state index in [2.05, 4.69) is 39.2 Å². The van der Waals surface area contributed by atoms with Crippen LogP contribution in [0, 0.1) is 6.92 Å². The van der Waals surface area contributed by atoms with E-state index in [4.69, 9.17) is 5.73 Å². The number of anilines is 1. The summed E-state index contributed by atoms with van der Waals surface area (Å²) in [5, 5.41) is 2.35. The molecule has 0 fully saturated rings. The third-order valence-electron chi connectivity index (χ3n) is 2.77. The molecule has 0 radical (unpaired) electrons. The molecule has 0 spiro atoms. The zero-order valence-corrected chi connectivity index (χ0v) is 9.96. The number of nitrogens with two attached hydrogens (primary N) is 1. The average molecular weight is 236 g/mol. The summed E-state index contributed by atoms with van der Waals surface area (Å²) in [7, 11) is 0. The number of nitrogens with zero attached hydrogens (tertiary/aromatic N) is 3. The van der Waals surface area contributed by atoms with Crippen LogP contribution in [0.5, 0.6) is 0 Å². The van der Waals surface area contributed by atoms with Crippen LogP contribution in [0.2, 0.25) is 0 Å². The Balaban J connectivity index is 2.19. The fraction of sp³-hybridized carbons (Fsp3) is 0.0714. The molecule has 3 rings (SSSR count). The van der Waals surface area contributed by atoms with E-state index in [1.165, 1.54) is 5.39 Å². The van der Waals surface area contributed by atoms with Crippen molar-refractivity contribution >= 4 is 16.7 Å². The van der Waals surface area contributed by atoms with Crippen molar-refractivity contribution in [3.05, 3.63) is 48.3 Å². The molecule has 0 saturated carbocycles. The van der Waals surface area contributed by atoms with Gasteiger partial charge in [0.15, 0.2) is 5.82 Å². The van der Waals surface area contributed by atoms with Crippen LogP contribution in [-0.4, -0.2) is 15.0 Å². The second-order valence-corrected chi connectivity index (χ2v) is 4.13. The fourth-order valence-corrected chi connectivity index (χ4v) is 1.96. The molecule has 0 atom stereocenters. The second-order valence-electron chi connectivity index (χ2n) is 4.13. The van der Waals surface area contributed by atoms with E-state index in [-0.39, 0.29) is 5.95 Å². The SMILES string of the molecule is Cc1nc(N)nc(-c2ccc3ccccc3c2)n1. The van der Waals surface area contributed by atoms with Crippen LogP contribution in [-0.2, 0) is 0 Å². The topological polar surface area (TPSA) is 64.7 Å². The Labute approximate surface area is 105 Å². The summed E-state index contributed by atoms with van der Waals surface area (Å²) < 4.78 is 0. The van der Waals surface area contributed by atoms with Crippen molar-refractivity contribution in [3.8, 4) is 11.4 Å². The van der Waals surface area contributed by atoms with Crippen LogP contribution >= 0.6 is 0 Å². The summed E-state index contributed by atoms with van der Waals surface area (Å²) in [5.74, 6) is 1.50. The number of fused-ring (bicyclic) bond motifs is 1. The molecule has 3 aromatic rings. The fourth-order valence-electron chi connectivity index (χ4n) is 1.96. The van der Waals surface area contributed by atoms with Crippen molar-refractivity contribution in [1.29, 1.82) is 0 Å². The van der Waals surface area contributed by atoms with Crippen molar-refractivity contribution < 1.29 is 0 Å². The quantitative estimate of drug-likeness (QED) is 0.705. The minimum atomic E-state index is 0.255. The van der Waals surface area contributed by atoms with E-state index in [1.54, 1.807) is 0 Å². The van der Waals surface area contributed by atoms with Gasteiger partial charge in [-0.3, -0.25) is 0 Å². The molecule has 1 heterocycles. The summed E-state index contributed by atoms with van der Waals surface area (Å²) in [6.07, 6.45) is 0. The molecule has 18 heavy (non-hydrogen) atoms. The summed E-state index contributed by atoms with van der Waals surface area (Å²) in [4.78, 5) is 12.5. The molecular weight excluding hydrogens is 224 g/mol. The number of hydrogen-bond acceptors (Lipinski definition) is 4. The largest absolute Gasteiger partial charge is 0.368 e. The van der Waals surface area contributed by atoms with Gasteiger partial charge < -0.3 is 5.73 Å². The van der Waals surface area contributed by atoms with E-state index in [0.29, 0.717) is 11.6 Å². The molecule has 0 aliphatic heterocycles. The lowest BCUT2D eigenvalue weighted by Crippen LogP contribution is -2.01. The number of benzene rings is 2. The smallest absolute Gasteiger partial charge is 0.223 e. The van der Waals surface area contributed by atoms with E-state index in [0.717, 1.165) is 10.9 Å². The maximum atomic E-state index is 5.65. The minimum Gasteiger partial charge on any atom is -0.368 e. The molecule has 88 valence electrons. The van der Waals surface area contributed by atoms with Crippen molar-refractivity contribution in [2.24, 2.45) is 0 Å². The Morgan fingerprint density at radius 1 is 0.889 bits per heavy atom. The maximum Gasteiger partial charge on any atom is 0.223 e. The van der Waals surface area contributed by atoms with Crippen molar-refractivity contribution in [2.75, 3.05) is 5.73 Å². The van der Waals surface area contributed by atoms with E-state index in [1.807, 2.05) is 25.1 Å². The highest BCUT2D eigenvalue weighted by Crippen LogP contribution is 2.22. The molecule has 0 bridgehead atoms. The highest BCUT2D eigenvalue weighted by molar-refractivity contribution is 5.86. The normalized spacial score (nSPS) is 10.7. The number of aryl methyl sites for hydroxylation is 1. The Morgan fingerprint density at radius 2 is 1.67 bits per heavy atom. The molecule has 4 nitrogen and oxygen atoms in total. The second kappa shape index (κ2) is 4.07. The Bertz CT molecular complexity index is 702. The molecule has 2 N–H and O–H groups in total. The van der Waals surface area contributed by atoms with E-state index >= 15 is 0 Å². The third-order valence-corrected chi connectivity index (χ3v) is 2.77. The number of hydrogen-bond donors (Lipinski definition) is 1. The summed E-state index contributed by atoms with van der Waals surface area (Å²) in [6.45, 7) is 1.81. The summed E-state index contributed by atoms with van der Waals surface area (Å²) >= 11 is 0. The van der Waals surface area contributed by atoms with Gasteiger partial charge in [0.05, 0.1) is 0 Å². The molecule has 1 aromatic heterocycles. The highest BCUT2D eigenvalue weighted by atomic mass is 15.1. The van der Waals surface area contributed by atoms with Crippen LogP contribution in [0.4, 0.5) is 5.95 Å². The van der Waals surface area contributed by atoms with Crippen molar-refractivity contribution in [2.45, 2.75) is 6.92 Å². The number of nitrogen functional groups attached to an aromatic ring is 1. The molecule has 0 saturated heterocycles. The number of rotatable bonds is 1. The third kappa shape index (κ3) is 1.88. The van der Waals surface area contributed by atoms with Gasteiger partial charge in [-0.15, -0.1) is 0 Å². The molecular formula is C14H12N4. The maximum absolute atomic E-state index is 5.65. The van der Waals surface area contributed by atoms with Crippen LogP contribution in [0.25, 0.3) is 22.2 Å². The van der Waals surface area contributed by atoms with Crippen molar-refractivity contribution in [1.82, 2.24) is 15.0 Å². The van der Waals surface area contributed by atoms with E-state index < -0.39 is 0 Å². The predicted molar refractivity (Wildman–Crippen MR) is 71.9 cm³/mol. The lowest BCUT2D eigenvalue weighted by atomic mass is 10.1. The zero-order valence-electron chi connectivity index (χ0n) is 9.96. The first-order chi connectivity index (χ1) is 8.72. The Hall–Kier alpha value is -2.49. The lowest BCUT2D eigenvalue weighted by molar-refractivity contribution is 0.997. The Kier molecular flexibility index (Phi) is 2.41.